The third-order valence-electron chi connectivity index (χ3n) is 6.78. The van der Waals surface area contributed by atoms with Crippen LogP contribution in [0.5, 0.6) is 0 Å². The van der Waals surface area contributed by atoms with Gasteiger partial charge in [-0.1, -0.05) is 6.07 Å². The van der Waals surface area contributed by atoms with Gasteiger partial charge in [0.15, 0.2) is 0 Å². The molecule has 3 heterocycles. The molecule has 0 radical (unpaired) electrons. The first kappa shape index (κ1) is 24.5. The van der Waals surface area contributed by atoms with Gasteiger partial charge in [-0.15, -0.1) is 0 Å². The molecule has 2 saturated heterocycles. The number of ether oxygens (including phenoxy) is 1. The number of nitrogens with one attached hydrogen (secondary N) is 1. The van der Waals surface area contributed by atoms with Crippen LogP contribution in [-0.4, -0.2) is 77.8 Å². The van der Waals surface area contributed by atoms with Crippen LogP contribution in [-0.2, 0) is 4.74 Å². The van der Waals surface area contributed by atoms with Crippen molar-refractivity contribution in [1.29, 1.82) is 0 Å². The van der Waals surface area contributed by atoms with E-state index in [0.717, 1.165) is 13.1 Å². The molecule has 1 aromatic heterocycles. The van der Waals surface area contributed by atoms with E-state index in [0.29, 0.717) is 51.4 Å². The topological polar surface area (TPSA) is 117 Å². The molecule has 2 aliphatic rings. The average Bonchev–Trinajstić information content (AvgIpc) is 2.86. The highest BCUT2D eigenvalue weighted by Gasteiger charge is 2.31. The molecule has 1 N–H and O–H groups in total. The smallest absolute Gasteiger partial charge is 0.409 e. The van der Waals surface area contributed by atoms with Crippen molar-refractivity contribution < 1.29 is 14.5 Å². The lowest BCUT2D eigenvalue weighted by Crippen LogP contribution is -2.47. The molecule has 2 fully saturated rings. The van der Waals surface area contributed by atoms with Gasteiger partial charge in [0.05, 0.1) is 11.5 Å². The number of anilines is 3. The van der Waals surface area contributed by atoms with Crippen molar-refractivity contribution in [2.45, 2.75) is 39.7 Å². The molecule has 0 spiro atoms. The Kier molecular flexibility index (Phi) is 7.52. The lowest BCUT2D eigenvalue weighted by atomic mass is 10.1. The second-order valence-corrected chi connectivity index (χ2v) is 9.00. The number of rotatable bonds is 6. The molecule has 0 aliphatic carbocycles. The number of aryl methyl sites for hydroxylation is 2. The summed E-state index contributed by atoms with van der Waals surface area (Å²) in [6.45, 7) is 10.1. The Morgan fingerprint density at radius 3 is 2.40 bits per heavy atom. The number of aromatic nitrogens is 2. The molecular weight excluding hydrogens is 450 g/mol. The van der Waals surface area contributed by atoms with Gasteiger partial charge in [0, 0.05) is 51.0 Å². The highest BCUT2D eigenvalue weighted by atomic mass is 16.6. The molecule has 35 heavy (non-hydrogen) atoms. The van der Waals surface area contributed by atoms with E-state index >= 15 is 0 Å². The molecule has 0 unspecified atom stereocenters. The summed E-state index contributed by atoms with van der Waals surface area (Å²) in [5.41, 5.74) is 3.58. The zero-order chi connectivity index (χ0) is 24.9. The van der Waals surface area contributed by atoms with Crippen LogP contribution in [0.2, 0.25) is 0 Å². The molecule has 2 aromatic rings. The summed E-state index contributed by atoms with van der Waals surface area (Å²) in [7, 11) is 0. The maximum Gasteiger partial charge on any atom is 0.409 e. The summed E-state index contributed by atoms with van der Waals surface area (Å²) < 4.78 is 5.06. The zero-order valence-electron chi connectivity index (χ0n) is 20.6. The third kappa shape index (κ3) is 5.55. The van der Waals surface area contributed by atoms with Crippen molar-refractivity contribution in [3.05, 3.63) is 45.8 Å². The summed E-state index contributed by atoms with van der Waals surface area (Å²) in [4.78, 5) is 38.0. The lowest BCUT2D eigenvalue weighted by Gasteiger charge is -2.36. The number of nitrogens with zero attached hydrogens (tertiary/aromatic N) is 6. The van der Waals surface area contributed by atoms with Crippen LogP contribution in [0.25, 0.3) is 0 Å². The summed E-state index contributed by atoms with van der Waals surface area (Å²) in [6.07, 6.45) is 2.38. The van der Waals surface area contributed by atoms with Gasteiger partial charge in [0.2, 0.25) is 11.6 Å². The van der Waals surface area contributed by atoms with Gasteiger partial charge in [-0.25, -0.2) is 14.8 Å². The molecule has 4 rings (SSSR count). The minimum atomic E-state index is -0.402. The number of nitro groups is 1. The van der Waals surface area contributed by atoms with Crippen LogP contribution in [0.3, 0.4) is 0 Å². The monoisotopic (exact) mass is 483 g/mol. The van der Waals surface area contributed by atoms with Crippen molar-refractivity contribution in [3.63, 3.8) is 0 Å². The van der Waals surface area contributed by atoms with E-state index in [1.165, 1.54) is 23.1 Å². The molecule has 2 aliphatic heterocycles. The number of likely N-dealkylation sites (tertiary alicyclic amines) is 1. The minimum Gasteiger partial charge on any atom is -0.450 e. The molecule has 0 saturated carbocycles. The zero-order valence-corrected chi connectivity index (χ0v) is 20.6. The van der Waals surface area contributed by atoms with Crippen LogP contribution in [0.15, 0.2) is 24.5 Å². The van der Waals surface area contributed by atoms with E-state index in [4.69, 9.17) is 4.74 Å². The fourth-order valence-corrected chi connectivity index (χ4v) is 4.59. The number of hydrogen-bond acceptors (Lipinski definition) is 9. The fraction of sp³-hybridized carbons (Fsp3) is 0.542. The molecule has 0 atom stereocenters. The van der Waals surface area contributed by atoms with Gasteiger partial charge in [-0.2, -0.15) is 0 Å². The van der Waals surface area contributed by atoms with E-state index in [9.17, 15) is 14.9 Å². The first-order chi connectivity index (χ1) is 16.9. The third-order valence-corrected chi connectivity index (χ3v) is 6.78. The van der Waals surface area contributed by atoms with Crippen molar-refractivity contribution in [2.75, 3.05) is 61.0 Å². The Labute approximate surface area is 205 Å². The SMILES string of the molecule is CCOC(=O)N1CCC(Nc2ncnc(N3CCN(c4ccc(C)c(C)c4)CC3)c2[N+](=O)[O-])CC1. The molecular formula is C24H33N7O4. The van der Waals surface area contributed by atoms with E-state index in [1.54, 1.807) is 11.8 Å². The highest BCUT2D eigenvalue weighted by Crippen LogP contribution is 2.34. The summed E-state index contributed by atoms with van der Waals surface area (Å²) in [5.74, 6) is 0.572. The van der Waals surface area contributed by atoms with Crippen molar-refractivity contribution in [3.8, 4) is 0 Å². The van der Waals surface area contributed by atoms with Gasteiger partial charge in [-0.3, -0.25) is 10.1 Å². The average molecular weight is 484 g/mol. The first-order valence-corrected chi connectivity index (χ1v) is 12.1. The largest absolute Gasteiger partial charge is 0.450 e. The Morgan fingerprint density at radius 1 is 1.09 bits per heavy atom. The van der Waals surface area contributed by atoms with Crippen LogP contribution < -0.4 is 15.1 Å². The number of piperazine rings is 1. The van der Waals surface area contributed by atoms with Gasteiger partial charge >= 0.3 is 11.8 Å². The molecule has 11 heteroatoms. The lowest BCUT2D eigenvalue weighted by molar-refractivity contribution is -0.383. The van der Waals surface area contributed by atoms with E-state index < -0.39 is 4.92 Å². The first-order valence-electron chi connectivity index (χ1n) is 12.1. The van der Waals surface area contributed by atoms with Crippen LogP contribution in [0, 0.1) is 24.0 Å². The summed E-state index contributed by atoms with van der Waals surface area (Å²) in [5, 5.41) is 15.3. The van der Waals surface area contributed by atoms with E-state index in [1.807, 2.05) is 4.90 Å². The van der Waals surface area contributed by atoms with Crippen LogP contribution >= 0.6 is 0 Å². The van der Waals surface area contributed by atoms with Gasteiger partial charge in [0.25, 0.3) is 0 Å². The molecule has 11 nitrogen and oxygen atoms in total. The Hall–Kier alpha value is -3.63. The molecule has 188 valence electrons. The number of carbonyl (C=O) groups excluding carboxylic acids is 1. The standard InChI is InChI=1S/C24H33N7O4/c1-4-35-24(32)30-9-7-19(8-10-30)27-22-21(31(33)34)23(26-16-25-22)29-13-11-28(12-14-29)20-6-5-17(2)18(3)15-20/h5-6,15-16,19H,4,7-14H2,1-3H3,(H,25,26,27). The maximum absolute atomic E-state index is 12.1. The van der Waals surface area contributed by atoms with Crippen molar-refractivity contribution in [1.82, 2.24) is 14.9 Å². The predicted molar refractivity (Wildman–Crippen MR) is 134 cm³/mol. The number of hydrogen-bond donors (Lipinski definition) is 1. The Morgan fingerprint density at radius 2 is 1.77 bits per heavy atom. The number of benzene rings is 1. The molecule has 0 bridgehead atoms. The molecule has 1 aromatic carbocycles. The molecule has 1 amide bonds. The van der Waals surface area contributed by atoms with Gasteiger partial charge in [0.1, 0.15) is 6.33 Å². The second kappa shape index (κ2) is 10.7. The van der Waals surface area contributed by atoms with Crippen molar-refractivity contribution in [2.24, 2.45) is 0 Å². The Bertz CT molecular complexity index is 1060. The number of carbonyl (C=O) groups is 1. The fourth-order valence-electron chi connectivity index (χ4n) is 4.59. The van der Waals surface area contributed by atoms with Crippen LogP contribution in [0.4, 0.5) is 27.8 Å². The predicted octanol–water partition coefficient (Wildman–Crippen LogP) is 3.36. The van der Waals surface area contributed by atoms with Crippen LogP contribution in [0.1, 0.15) is 30.9 Å². The summed E-state index contributed by atoms with van der Waals surface area (Å²) in [6, 6.07) is 6.42. The van der Waals surface area contributed by atoms with Gasteiger partial charge < -0.3 is 24.8 Å². The number of piperidine rings is 1. The quantitative estimate of drug-likeness (QED) is 0.487. The van der Waals surface area contributed by atoms with Gasteiger partial charge in [-0.05, 0) is 56.9 Å². The normalized spacial score (nSPS) is 16.8. The minimum absolute atomic E-state index is 0.0243. The van der Waals surface area contributed by atoms with E-state index in [2.05, 4.69) is 52.2 Å². The van der Waals surface area contributed by atoms with E-state index in [-0.39, 0.29) is 23.6 Å². The second-order valence-electron chi connectivity index (χ2n) is 9.00. The number of amides is 1. The maximum atomic E-state index is 12.1. The Balaban J connectivity index is 1.43. The summed E-state index contributed by atoms with van der Waals surface area (Å²) >= 11 is 0. The highest BCUT2D eigenvalue weighted by molar-refractivity contribution is 5.71. The van der Waals surface area contributed by atoms with Crippen molar-refractivity contribution >= 4 is 29.1 Å².